The predicted molar refractivity (Wildman–Crippen MR) is 70.4 cm³/mol. The first-order chi connectivity index (χ1) is 7.92. The maximum atomic E-state index is 5.07. The Morgan fingerprint density at radius 3 is 2.25 bits per heavy atom. The molecule has 0 aliphatic carbocycles. The highest BCUT2D eigenvalue weighted by Crippen LogP contribution is 2.28. The van der Waals surface area contributed by atoms with E-state index in [9.17, 15) is 0 Å². The fourth-order valence-corrected chi connectivity index (χ4v) is 3.27. The summed E-state index contributed by atoms with van der Waals surface area (Å²) in [5.74, 6) is 0. The molecule has 0 spiro atoms. The molecule has 0 aliphatic rings. The summed E-state index contributed by atoms with van der Waals surface area (Å²) in [5, 5.41) is 7.76. The lowest BCUT2D eigenvalue weighted by Crippen LogP contribution is -2.24. The first-order valence-corrected chi connectivity index (χ1v) is 6.97. The number of hydrogen-bond acceptors (Lipinski definition) is 4. The molecule has 2 aromatic heterocycles. The van der Waals surface area contributed by atoms with Crippen LogP contribution in [0, 0.1) is 0 Å². The Kier molecular flexibility index (Phi) is 4.54. The van der Waals surface area contributed by atoms with Crippen LogP contribution in [0.5, 0.6) is 0 Å². The van der Waals surface area contributed by atoms with Crippen molar-refractivity contribution in [1.29, 1.82) is 0 Å². The van der Waals surface area contributed by atoms with Crippen molar-refractivity contribution in [3.05, 3.63) is 44.8 Å². The fraction of sp³-hybridized carbons (Fsp3) is 0.333. The monoisotopic (exact) mass is 253 g/mol. The van der Waals surface area contributed by atoms with Gasteiger partial charge in [0.15, 0.2) is 0 Å². The van der Waals surface area contributed by atoms with Crippen molar-refractivity contribution in [3.63, 3.8) is 0 Å². The first kappa shape index (κ1) is 11.8. The first-order valence-electron chi connectivity index (χ1n) is 5.21. The zero-order valence-electron chi connectivity index (χ0n) is 9.18. The molecule has 0 amide bonds. The highest BCUT2D eigenvalue weighted by Gasteiger charge is 2.14. The van der Waals surface area contributed by atoms with E-state index in [4.69, 9.17) is 4.74 Å². The standard InChI is InChI=1S/C12H15NOS2/c1-14-7-6-13-12(10-4-2-8-15-10)11-5-3-9-16-11/h2-5,8-9,12-13H,6-7H2,1H3. The Hall–Kier alpha value is -0.680. The van der Waals surface area contributed by atoms with Gasteiger partial charge in [-0.2, -0.15) is 0 Å². The van der Waals surface area contributed by atoms with Gasteiger partial charge in [0.2, 0.25) is 0 Å². The SMILES string of the molecule is COCCNC(c1cccs1)c1cccs1. The van der Waals surface area contributed by atoms with Crippen LogP contribution in [-0.2, 0) is 4.74 Å². The Morgan fingerprint density at radius 1 is 1.19 bits per heavy atom. The average molecular weight is 253 g/mol. The summed E-state index contributed by atoms with van der Waals surface area (Å²) in [6.45, 7) is 1.62. The van der Waals surface area contributed by atoms with Gasteiger partial charge in [0.1, 0.15) is 0 Å². The van der Waals surface area contributed by atoms with Crippen LogP contribution in [0.15, 0.2) is 35.0 Å². The number of rotatable bonds is 6. The molecule has 86 valence electrons. The largest absolute Gasteiger partial charge is 0.383 e. The Morgan fingerprint density at radius 2 is 1.81 bits per heavy atom. The van der Waals surface area contributed by atoms with Crippen LogP contribution in [0.4, 0.5) is 0 Å². The summed E-state index contributed by atoms with van der Waals surface area (Å²) in [6.07, 6.45) is 0. The van der Waals surface area contributed by atoms with Gasteiger partial charge < -0.3 is 10.1 Å². The summed E-state index contributed by atoms with van der Waals surface area (Å²) < 4.78 is 5.07. The van der Waals surface area contributed by atoms with E-state index in [2.05, 4.69) is 40.3 Å². The van der Waals surface area contributed by atoms with E-state index in [1.807, 2.05) is 0 Å². The molecule has 0 fully saturated rings. The van der Waals surface area contributed by atoms with Gasteiger partial charge in [0.25, 0.3) is 0 Å². The van der Waals surface area contributed by atoms with Crippen LogP contribution in [0.25, 0.3) is 0 Å². The van der Waals surface area contributed by atoms with Crippen LogP contribution in [-0.4, -0.2) is 20.3 Å². The Balaban J connectivity index is 2.08. The lowest BCUT2D eigenvalue weighted by atomic mass is 10.2. The summed E-state index contributed by atoms with van der Waals surface area (Å²) in [6, 6.07) is 8.86. The van der Waals surface area contributed by atoms with Crippen LogP contribution >= 0.6 is 22.7 Å². The van der Waals surface area contributed by atoms with Crippen LogP contribution in [0.2, 0.25) is 0 Å². The molecule has 0 atom stereocenters. The molecular weight excluding hydrogens is 238 g/mol. The minimum Gasteiger partial charge on any atom is -0.383 e. The van der Waals surface area contributed by atoms with E-state index in [0.717, 1.165) is 13.2 Å². The van der Waals surface area contributed by atoms with E-state index >= 15 is 0 Å². The average Bonchev–Trinajstić information content (AvgIpc) is 2.97. The zero-order valence-corrected chi connectivity index (χ0v) is 10.8. The summed E-state index contributed by atoms with van der Waals surface area (Å²) in [4.78, 5) is 2.72. The topological polar surface area (TPSA) is 21.3 Å². The maximum absolute atomic E-state index is 5.07. The number of methoxy groups -OCH3 is 1. The van der Waals surface area contributed by atoms with E-state index in [1.165, 1.54) is 9.75 Å². The van der Waals surface area contributed by atoms with Crippen LogP contribution in [0.3, 0.4) is 0 Å². The minimum atomic E-state index is 0.315. The molecule has 2 nitrogen and oxygen atoms in total. The smallest absolute Gasteiger partial charge is 0.0765 e. The molecule has 0 aromatic carbocycles. The summed E-state index contributed by atoms with van der Waals surface area (Å²) in [5.41, 5.74) is 0. The molecule has 4 heteroatoms. The summed E-state index contributed by atoms with van der Waals surface area (Å²) in [7, 11) is 1.73. The van der Waals surface area contributed by atoms with Crippen molar-refractivity contribution in [2.24, 2.45) is 0 Å². The molecule has 1 N–H and O–H groups in total. The lowest BCUT2D eigenvalue weighted by molar-refractivity contribution is 0.197. The number of thiophene rings is 2. The van der Waals surface area contributed by atoms with Crippen LogP contribution < -0.4 is 5.32 Å². The van der Waals surface area contributed by atoms with Gasteiger partial charge in [-0.05, 0) is 22.9 Å². The molecule has 0 aliphatic heterocycles. The van der Waals surface area contributed by atoms with Gasteiger partial charge in [-0.3, -0.25) is 0 Å². The molecule has 16 heavy (non-hydrogen) atoms. The van der Waals surface area contributed by atoms with E-state index in [0.29, 0.717) is 6.04 Å². The highest BCUT2D eigenvalue weighted by molar-refractivity contribution is 7.11. The molecule has 0 unspecified atom stereocenters. The molecule has 0 saturated heterocycles. The third kappa shape index (κ3) is 2.92. The predicted octanol–water partition coefficient (Wildman–Crippen LogP) is 3.14. The molecule has 2 heterocycles. The van der Waals surface area contributed by atoms with Crippen molar-refractivity contribution in [2.45, 2.75) is 6.04 Å². The lowest BCUT2D eigenvalue weighted by Gasteiger charge is -2.15. The number of ether oxygens (including phenoxy) is 1. The van der Waals surface area contributed by atoms with Crippen molar-refractivity contribution in [2.75, 3.05) is 20.3 Å². The van der Waals surface area contributed by atoms with Gasteiger partial charge >= 0.3 is 0 Å². The Bertz CT molecular complexity index is 349. The van der Waals surface area contributed by atoms with Crippen molar-refractivity contribution in [3.8, 4) is 0 Å². The van der Waals surface area contributed by atoms with Crippen molar-refractivity contribution < 1.29 is 4.74 Å². The fourth-order valence-electron chi connectivity index (χ4n) is 1.56. The Labute approximate surface area is 104 Å². The maximum Gasteiger partial charge on any atom is 0.0765 e. The van der Waals surface area contributed by atoms with Crippen molar-refractivity contribution in [1.82, 2.24) is 5.32 Å². The van der Waals surface area contributed by atoms with Gasteiger partial charge in [0.05, 0.1) is 12.6 Å². The number of nitrogens with one attached hydrogen (secondary N) is 1. The zero-order chi connectivity index (χ0) is 11.2. The van der Waals surface area contributed by atoms with Gasteiger partial charge in [-0.15, -0.1) is 22.7 Å². The molecule has 2 rings (SSSR count). The second-order valence-corrected chi connectivity index (χ2v) is 5.37. The van der Waals surface area contributed by atoms with Crippen LogP contribution in [0.1, 0.15) is 15.8 Å². The molecule has 2 aromatic rings. The highest BCUT2D eigenvalue weighted by atomic mass is 32.1. The van der Waals surface area contributed by atoms with E-state index < -0.39 is 0 Å². The third-order valence-electron chi connectivity index (χ3n) is 2.31. The minimum absolute atomic E-state index is 0.315. The normalized spacial score (nSPS) is 11.1. The molecule has 0 bridgehead atoms. The quantitative estimate of drug-likeness (QED) is 0.799. The molecule has 0 radical (unpaired) electrons. The van der Waals surface area contributed by atoms with Gasteiger partial charge in [-0.1, -0.05) is 12.1 Å². The second kappa shape index (κ2) is 6.15. The van der Waals surface area contributed by atoms with Gasteiger partial charge in [0, 0.05) is 23.4 Å². The van der Waals surface area contributed by atoms with Crippen molar-refractivity contribution >= 4 is 22.7 Å². The molecular formula is C12H15NOS2. The third-order valence-corrected chi connectivity index (χ3v) is 4.18. The number of hydrogen-bond donors (Lipinski definition) is 1. The van der Waals surface area contributed by atoms with Gasteiger partial charge in [-0.25, -0.2) is 0 Å². The van der Waals surface area contributed by atoms with E-state index in [1.54, 1.807) is 29.8 Å². The van der Waals surface area contributed by atoms with E-state index in [-0.39, 0.29) is 0 Å². The molecule has 0 saturated carbocycles. The second-order valence-electron chi connectivity index (χ2n) is 3.41. The summed E-state index contributed by atoms with van der Waals surface area (Å²) >= 11 is 3.58.